The summed E-state index contributed by atoms with van der Waals surface area (Å²) in [6.07, 6.45) is 0. The highest BCUT2D eigenvalue weighted by atomic mass is 32.2. The van der Waals surface area contributed by atoms with E-state index >= 15 is 0 Å². The van der Waals surface area contributed by atoms with E-state index in [1.807, 2.05) is 86.6 Å². The monoisotopic (exact) mass is 522 g/mol. The molecule has 0 saturated carbocycles. The molecule has 0 aliphatic rings. The molecule has 0 atom stereocenters. The van der Waals surface area contributed by atoms with Crippen molar-refractivity contribution in [1.82, 2.24) is 15.8 Å². The van der Waals surface area contributed by atoms with Crippen LogP contribution in [0, 0.1) is 18.3 Å². The molecular weight excluding hydrogens is 496 g/mol. The molecule has 4 rings (SSSR count). The second kappa shape index (κ2) is 12.6. The molecule has 38 heavy (non-hydrogen) atoms. The number of aromatic nitrogens is 1. The van der Waals surface area contributed by atoms with Crippen LogP contribution in [0.1, 0.15) is 28.4 Å². The van der Waals surface area contributed by atoms with Crippen molar-refractivity contribution in [3.05, 3.63) is 102 Å². The first-order chi connectivity index (χ1) is 18.5. The summed E-state index contributed by atoms with van der Waals surface area (Å²) in [6, 6.07) is 28.3. The van der Waals surface area contributed by atoms with E-state index in [2.05, 4.69) is 16.9 Å². The van der Waals surface area contributed by atoms with Crippen molar-refractivity contribution in [2.24, 2.45) is 0 Å². The Bertz CT molecular complexity index is 1460. The van der Waals surface area contributed by atoms with Gasteiger partial charge in [-0.25, -0.2) is 4.98 Å². The fourth-order valence-corrected chi connectivity index (χ4v) is 4.49. The first-order valence-corrected chi connectivity index (χ1v) is 13.0. The van der Waals surface area contributed by atoms with E-state index in [0.29, 0.717) is 28.5 Å². The molecule has 0 fully saturated rings. The maximum Gasteiger partial charge on any atom is 0.269 e. The molecule has 2 N–H and O–H groups in total. The van der Waals surface area contributed by atoms with E-state index in [-0.39, 0.29) is 5.75 Å². The van der Waals surface area contributed by atoms with Gasteiger partial charge in [-0.3, -0.25) is 20.4 Å². The van der Waals surface area contributed by atoms with Crippen molar-refractivity contribution >= 4 is 23.6 Å². The van der Waals surface area contributed by atoms with E-state index in [0.717, 1.165) is 39.8 Å². The van der Waals surface area contributed by atoms with Crippen LogP contribution in [0.3, 0.4) is 0 Å². The lowest BCUT2D eigenvalue weighted by molar-refractivity contribution is -0.119. The van der Waals surface area contributed by atoms with Crippen LogP contribution in [-0.4, -0.2) is 29.2 Å². The number of hydrogen-bond acceptors (Lipinski definition) is 6. The van der Waals surface area contributed by atoms with Gasteiger partial charge in [-0.2, -0.15) is 5.26 Å². The van der Waals surface area contributed by atoms with E-state index in [9.17, 15) is 14.9 Å². The number of hydrazine groups is 1. The zero-order valence-electron chi connectivity index (χ0n) is 21.0. The van der Waals surface area contributed by atoms with Gasteiger partial charge < -0.3 is 4.74 Å². The Kier molecular flexibility index (Phi) is 8.75. The zero-order chi connectivity index (χ0) is 26.9. The number of rotatable bonds is 8. The van der Waals surface area contributed by atoms with Crippen LogP contribution in [0.25, 0.3) is 22.4 Å². The Morgan fingerprint density at radius 2 is 1.66 bits per heavy atom. The molecule has 0 unspecified atom stereocenters. The summed E-state index contributed by atoms with van der Waals surface area (Å²) in [5.74, 6) is -0.124. The highest BCUT2D eigenvalue weighted by molar-refractivity contribution is 8.00. The Morgan fingerprint density at radius 3 is 2.32 bits per heavy atom. The van der Waals surface area contributed by atoms with Gasteiger partial charge in [0.05, 0.1) is 23.6 Å². The lowest BCUT2D eigenvalue weighted by Crippen LogP contribution is -2.42. The minimum Gasteiger partial charge on any atom is -0.494 e. The van der Waals surface area contributed by atoms with Gasteiger partial charge in [-0.05, 0) is 61.9 Å². The summed E-state index contributed by atoms with van der Waals surface area (Å²) in [5.41, 5.74) is 9.82. The fourth-order valence-electron chi connectivity index (χ4n) is 3.69. The van der Waals surface area contributed by atoms with Crippen molar-refractivity contribution < 1.29 is 14.3 Å². The summed E-state index contributed by atoms with van der Waals surface area (Å²) in [4.78, 5) is 29.6. The number of nitrogens with zero attached hydrogens (tertiary/aromatic N) is 2. The SMILES string of the molecule is CCOc1ccc(-c2cc(-c3ccccc3)c(C#N)c(SCC(=O)NNC(=O)c3ccc(C)cc3)n2)cc1. The number of nitriles is 1. The number of aryl methyl sites for hydroxylation is 1. The van der Waals surface area contributed by atoms with Gasteiger partial charge in [0.15, 0.2) is 0 Å². The van der Waals surface area contributed by atoms with Gasteiger partial charge in [-0.15, -0.1) is 0 Å². The van der Waals surface area contributed by atoms with Crippen LogP contribution in [-0.2, 0) is 4.79 Å². The molecule has 7 nitrogen and oxygen atoms in total. The van der Waals surface area contributed by atoms with Crippen LogP contribution in [0.5, 0.6) is 5.75 Å². The summed E-state index contributed by atoms with van der Waals surface area (Å²) in [7, 11) is 0. The zero-order valence-corrected chi connectivity index (χ0v) is 21.8. The molecule has 190 valence electrons. The third kappa shape index (κ3) is 6.58. The predicted molar refractivity (Wildman–Crippen MR) is 149 cm³/mol. The van der Waals surface area contributed by atoms with Crippen LogP contribution in [0.2, 0.25) is 0 Å². The van der Waals surface area contributed by atoms with Crippen molar-refractivity contribution in [1.29, 1.82) is 5.26 Å². The van der Waals surface area contributed by atoms with Gasteiger partial charge in [-0.1, -0.05) is 59.8 Å². The number of nitrogens with one attached hydrogen (secondary N) is 2. The molecule has 3 aromatic carbocycles. The summed E-state index contributed by atoms with van der Waals surface area (Å²) in [5, 5.41) is 10.5. The van der Waals surface area contributed by atoms with Gasteiger partial charge in [0.25, 0.3) is 5.91 Å². The highest BCUT2D eigenvalue weighted by Crippen LogP contribution is 2.34. The summed E-state index contributed by atoms with van der Waals surface area (Å²) < 4.78 is 5.55. The predicted octanol–water partition coefficient (Wildman–Crippen LogP) is 5.55. The maximum absolute atomic E-state index is 12.5. The van der Waals surface area contributed by atoms with Gasteiger partial charge in [0, 0.05) is 16.7 Å². The van der Waals surface area contributed by atoms with E-state index < -0.39 is 11.8 Å². The van der Waals surface area contributed by atoms with E-state index in [4.69, 9.17) is 9.72 Å². The van der Waals surface area contributed by atoms with E-state index in [1.54, 1.807) is 12.1 Å². The van der Waals surface area contributed by atoms with Gasteiger partial charge >= 0.3 is 0 Å². The van der Waals surface area contributed by atoms with Crippen LogP contribution in [0.15, 0.2) is 90.0 Å². The summed E-state index contributed by atoms with van der Waals surface area (Å²) >= 11 is 1.14. The molecule has 0 radical (unpaired) electrons. The quantitative estimate of drug-likeness (QED) is 0.232. The third-order valence-corrected chi connectivity index (χ3v) is 6.59. The number of carbonyl (C=O) groups excluding carboxylic acids is 2. The maximum atomic E-state index is 12.5. The van der Waals surface area contributed by atoms with Crippen LogP contribution < -0.4 is 15.6 Å². The average Bonchev–Trinajstić information content (AvgIpc) is 2.95. The highest BCUT2D eigenvalue weighted by Gasteiger charge is 2.17. The first kappa shape index (κ1) is 26.5. The Morgan fingerprint density at radius 1 is 0.947 bits per heavy atom. The minimum absolute atomic E-state index is 0.0448. The largest absolute Gasteiger partial charge is 0.494 e. The van der Waals surface area contributed by atoms with Crippen LogP contribution >= 0.6 is 11.8 Å². The smallest absolute Gasteiger partial charge is 0.269 e. The van der Waals surface area contributed by atoms with Crippen molar-refractivity contribution in [2.45, 2.75) is 18.9 Å². The molecule has 0 aliphatic heterocycles. The Hall–Kier alpha value is -4.61. The average molecular weight is 523 g/mol. The molecule has 0 bridgehead atoms. The first-order valence-electron chi connectivity index (χ1n) is 12.0. The number of ether oxygens (including phenoxy) is 1. The fraction of sp³-hybridized carbons (Fsp3) is 0.133. The van der Waals surface area contributed by atoms with Gasteiger partial charge in [0.1, 0.15) is 16.8 Å². The molecule has 2 amide bonds. The molecule has 1 heterocycles. The van der Waals surface area contributed by atoms with Gasteiger partial charge in [0.2, 0.25) is 5.91 Å². The summed E-state index contributed by atoms with van der Waals surface area (Å²) in [6.45, 7) is 4.43. The minimum atomic E-state index is -0.422. The number of thioether (sulfide) groups is 1. The second-order valence-corrected chi connectivity index (χ2v) is 9.29. The second-order valence-electron chi connectivity index (χ2n) is 8.33. The van der Waals surface area contributed by atoms with Crippen molar-refractivity contribution in [2.75, 3.05) is 12.4 Å². The standard InChI is InChI=1S/C30H26N4O3S/c1-3-37-24-15-13-22(14-16-24)27-17-25(21-7-5-4-6-8-21)26(18-31)30(32-27)38-19-28(35)33-34-29(36)23-11-9-20(2)10-12-23/h4-17H,3,19H2,1-2H3,(H,33,35)(H,34,36). The third-order valence-electron chi connectivity index (χ3n) is 5.61. The number of amides is 2. The molecule has 0 spiro atoms. The Labute approximate surface area is 225 Å². The lowest BCUT2D eigenvalue weighted by atomic mass is 9.99. The molecule has 0 saturated heterocycles. The molecule has 4 aromatic rings. The molecule has 0 aliphatic carbocycles. The molecule has 8 heteroatoms. The topological polar surface area (TPSA) is 104 Å². The number of carbonyl (C=O) groups is 2. The van der Waals surface area contributed by atoms with Crippen LogP contribution in [0.4, 0.5) is 0 Å². The lowest BCUT2D eigenvalue weighted by Gasteiger charge is -2.13. The Balaban J connectivity index is 1.56. The number of hydrogen-bond donors (Lipinski definition) is 2. The van der Waals surface area contributed by atoms with Crippen molar-refractivity contribution in [3.8, 4) is 34.2 Å². The normalized spacial score (nSPS) is 10.3. The molecular formula is C30H26N4O3S. The number of pyridine rings is 1. The van der Waals surface area contributed by atoms with E-state index in [1.165, 1.54) is 0 Å². The van der Waals surface area contributed by atoms with Crippen molar-refractivity contribution in [3.63, 3.8) is 0 Å². The molecule has 1 aromatic heterocycles. The number of benzene rings is 3.